The standard InChI is InChI=1S/C17H16F3N3O2S/c1-8-21-16-13(17(24)22-23(16)10-2-4-25-5-3-10)15(26-8)9-6-11(18)14(20)12(19)7-9/h6-7,10,15H,2-5H2,1H3,(H,22,24). The highest BCUT2D eigenvalue weighted by molar-refractivity contribution is 8.14. The number of benzene rings is 1. The van der Waals surface area contributed by atoms with E-state index in [1.54, 1.807) is 11.6 Å². The fourth-order valence-electron chi connectivity index (χ4n) is 3.38. The Balaban J connectivity index is 1.83. The molecule has 9 heteroatoms. The Labute approximate surface area is 151 Å². The summed E-state index contributed by atoms with van der Waals surface area (Å²) < 4.78 is 47.8. The van der Waals surface area contributed by atoms with Gasteiger partial charge in [0.25, 0.3) is 5.56 Å². The zero-order chi connectivity index (χ0) is 18.4. The van der Waals surface area contributed by atoms with E-state index in [0.29, 0.717) is 29.6 Å². The summed E-state index contributed by atoms with van der Waals surface area (Å²) in [6, 6.07) is 1.91. The first-order valence-electron chi connectivity index (χ1n) is 8.24. The lowest BCUT2D eigenvalue weighted by molar-refractivity contribution is 0.0666. The molecule has 0 bridgehead atoms. The Bertz CT molecular complexity index is 924. The third-order valence-corrected chi connectivity index (χ3v) is 5.79. The number of aromatic amines is 1. The maximum atomic E-state index is 13.7. The van der Waals surface area contributed by atoms with Gasteiger partial charge in [-0.05, 0) is 37.5 Å². The van der Waals surface area contributed by atoms with Crippen molar-refractivity contribution in [1.82, 2.24) is 9.78 Å². The number of halogens is 3. The van der Waals surface area contributed by atoms with Crippen LogP contribution in [-0.4, -0.2) is 28.0 Å². The minimum absolute atomic E-state index is 0.0437. The second kappa shape index (κ2) is 6.62. The predicted octanol–water partition coefficient (Wildman–Crippen LogP) is 3.83. The van der Waals surface area contributed by atoms with E-state index in [4.69, 9.17) is 4.74 Å². The highest BCUT2D eigenvalue weighted by Crippen LogP contribution is 2.45. The summed E-state index contributed by atoms with van der Waals surface area (Å²) in [4.78, 5) is 17.1. The highest BCUT2D eigenvalue weighted by atomic mass is 32.2. The first-order chi connectivity index (χ1) is 12.5. The lowest BCUT2D eigenvalue weighted by atomic mass is 10.0. The van der Waals surface area contributed by atoms with E-state index in [-0.39, 0.29) is 17.2 Å². The molecule has 2 aliphatic rings. The number of thioether (sulfide) groups is 1. The maximum absolute atomic E-state index is 13.7. The van der Waals surface area contributed by atoms with Crippen LogP contribution in [-0.2, 0) is 4.74 Å². The molecule has 5 nitrogen and oxygen atoms in total. The maximum Gasteiger partial charge on any atom is 0.271 e. The van der Waals surface area contributed by atoms with E-state index in [2.05, 4.69) is 10.1 Å². The third kappa shape index (κ3) is 2.88. The van der Waals surface area contributed by atoms with Crippen molar-refractivity contribution in [3.8, 4) is 0 Å². The molecule has 1 aromatic heterocycles. The van der Waals surface area contributed by atoms with Gasteiger partial charge in [0.15, 0.2) is 23.3 Å². The number of nitrogens with one attached hydrogen (secondary N) is 1. The predicted molar refractivity (Wildman–Crippen MR) is 92.7 cm³/mol. The van der Waals surface area contributed by atoms with E-state index >= 15 is 0 Å². The van der Waals surface area contributed by atoms with Crippen molar-refractivity contribution in [1.29, 1.82) is 0 Å². The first kappa shape index (κ1) is 17.4. The SMILES string of the molecule is CC1=Nc2c(c(=O)[nH]n2C2CCOCC2)C(c2cc(F)c(F)c(F)c2)S1. The molecule has 2 aliphatic heterocycles. The number of aromatic nitrogens is 2. The summed E-state index contributed by atoms with van der Waals surface area (Å²) in [6.45, 7) is 2.95. The van der Waals surface area contributed by atoms with E-state index in [1.807, 2.05) is 0 Å². The van der Waals surface area contributed by atoms with Crippen LogP contribution in [0.5, 0.6) is 0 Å². The molecule has 0 aliphatic carbocycles. The van der Waals surface area contributed by atoms with Crippen LogP contribution in [0.1, 0.15) is 42.2 Å². The molecule has 0 radical (unpaired) electrons. The lowest BCUT2D eigenvalue weighted by Crippen LogP contribution is -2.21. The smallest absolute Gasteiger partial charge is 0.271 e. The van der Waals surface area contributed by atoms with Gasteiger partial charge in [0.1, 0.15) is 0 Å². The monoisotopic (exact) mass is 383 g/mol. The van der Waals surface area contributed by atoms with Gasteiger partial charge in [-0.15, -0.1) is 0 Å². The molecule has 0 spiro atoms. The fourth-order valence-corrected chi connectivity index (χ4v) is 4.46. The Morgan fingerprint density at radius 3 is 2.54 bits per heavy atom. The van der Waals surface area contributed by atoms with Crippen LogP contribution in [0.2, 0.25) is 0 Å². The molecular formula is C17H16F3N3O2S. The summed E-state index contributed by atoms with van der Waals surface area (Å²) in [7, 11) is 0. The molecule has 1 unspecified atom stereocenters. The molecule has 1 fully saturated rings. The number of hydrogen-bond acceptors (Lipinski definition) is 4. The zero-order valence-corrected chi connectivity index (χ0v) is 14.7. The van der Waals surface area contributed by atoms with Crippen LogP contribution in [0.15, 0.2) is 21.9 Å². The van der Waals surface area contributed by atoms with Crippen LogP contribution in [0, 0.1) is 17.5 Å². The van der Waals surface area contributed by atoms with Crippen LogP contribution in [0.4, 0.5) is 19.0 Å². The largest absolute Gasteiger partial charge is 0.381 e. The zero-order valence-electron chi connectivity index (χ0n) is 13.9. The summed E-state index contributed by atoms with van der Waals surface area (Å²) in [5.41, 5.74) is 0.167. The Kier molecular flexibility index (Phi) is 4.44. The van der Waals surface area contributed by atoms with Crippen LogP contribution < -0.4 is 5.56 Å². The molecule has 1 atom stereocenters. The fraction of sp³-hybridized carbons (Fsp3) is 0.412. The number of hydrogen-bond donors (Lipinski definition) is 1. The number of aliphatic imine (C=N–C) groups is 1. The second-order valence-electron chi connectivity index (χ2n) is 6.32. The van der Waals surface area contributed by atoms with Crippen molar-refractivity contribution < 1.29 is 17.9 Å². The topological polar surface area (TPSA) is 59.4 Å². The van der Waals surface area contributed by atoms with Gasteiger partial charge in [0, 0.05) is 13.2 Å². The number of fused-ring (bicyclic) bond motifs is 1. The quantitative estimate of drug-likeness (QED) is 0.802. The number of H-pyrrole nitrogens is 1. The van der Waals surface area contributed by atoms with Gasteiger partial charge in [0.05, 0.1) is 21.9 Å². The van der Waals surface area contributed by atoms with Gasteiger partial charge in [-0.3, -0.25) is 14.6 Å². The van der Waals surface area contributed by atoms with Crippen molar-refractivity contribution in [2.45, 2.75) is 31.1 Å². The van der Waals surface area contributed by atoms with Gasteiger partial charge in [-0.2, -0.15) is 0 Å². The molecule has 1 aromatic carbocycles. The van der Waals surface area contributed by atoms with Gasteiger partial charge < -0.3 is 4.74 Å². The van der Waals surface area contributed by atoms with Crippen molar-refractivity contribution in [2.75, 3.05) is 13.2 Å². The third-order valence-electron chi connectivity index (χ3n) is 4.61. The van der Waals surface area contributed by atoms with E-state index < -0.39 is 22.7 Å². The van der Waals surface area contributed by atoms with E-state index in [9.17, 15) is 18.0 Å². The summed E-state index contributed by atoms with van der Waals surface area (Å²) in [6.07, 6.45) is 1.48. The van der Waals surface area contributed by atoms with Gasteiger partial charge in [-0.1, -0.05) is 11.8 Å². The van der Waals surface area contributed by atoms with Crippen molar-refractivity contribution in [3.63, 3.8) is 0 Å². The molecule has 3 heterocycles. The number of nitrogens with zero attached hydrogens (tertiary/aromatic N) is 2. The van der Waals surface area contributed by atoms with Gasteiger partial charge >= 0.3 is 0 Å². The normalized spacial score (nSPS) is 20.8. The summed E-state index contributed by atoms with van der Waals surface area (Å²) in [5.74, 6) is -3.60. The molecule has 4 rings (SSSR count). The minimum atomic E-state index is -1.52. The molecule has 0 saturated carbocycles. The Morgan fingerprint density at radius 2 is 1.88 bits per heavy atom. The number of ether oxygens (including phenoxy) is 1. The molecule has 2 aromatic rings. The van der Waals surface area contributed by atoms with Crippen LogP contribution in [0.3, 0.4) is 0 Å². The van der Waals surface area contributed by atoms with E-state index in [0.717, 1.165) is 25.0 Å². The summed E-state index contributed by atoms with van der Waals surface area (Å²) >= 11 is 1.22. The molecular weight excluding hydrogens is 367 g/mol. The first-order valence-corrected chi connectivity index (χ1v) is 9.12. The van der Waals surface area contributed by atoms with Crippen LogP contribution in [0.25, 0.3) is 0 Å². The minimum Gasteiger partial charge on any atom is -0.381 e. The molecule has 1 N–H and O–H groups in total. The Morgan fingerprint density at radius 1 is 1.23 bits per heavy atom. The van der Waals surface area contributed by atoms with Crippen LogP contribution >= 0.6 is 11.8 Å². The average molecular weight is 383 g/mol. The van der Waals surface area contributed by atoms with Gasteiger partial charge in [-0.25, -0.2) is 18.2 Å². The number of rotatable bonds is 2. The summed E-state index contributed by atoms with van der Waals surface area (Å²) in [5, 5.41) is 2.81. The molecule has 0 amide bonds. The molecule has 26 heavy (non-hydrogen) atoms. The van der Waals surface area contributed by atoms with E-state index in [1.165, 1.54) is 11.8 Å². The average Bonchev–Trinajstić information content (AvgIpc) is 2.96. The van der Waals surface area contributed by atoms with Crippen molar-refractivity contribution in [3.05, 3.63) is 51.1 Å². The Hall–Kier alpha value is -2.00. The van der Waals surface area contributed by atoms with Crippen molar-refractivity contribution >= 4 is 22.6 Å². The van der Waals surface area contributed by atoms with Gasteiger partial charge in [0.2, 0.25) is 0 Å². The second-order valence-corrected chi connectivity index (χ2v) is 7.62. The molecule has 138 valence electrons. The lowest BCUT2D eigenvalue weighted by Gasteiger charge is -2.26. The molecule has 1 saturated heterocycles. The van der Waals surface area contributed by atoms with Crippen molar-refractivity contribution in [2.24, 2.45) is 4.99 Å². The highest BCUT2D eigenvalue weighted by Gasteiger charge is 2.33.